The van der Waals surface area contributed by atoms with Gasteiger partial charge in [0.25, 0.3) is 0 Å². The number of benzene rings is 2. The van der Waals surface area contributed by atoms with Crippen LogP contribution in [-0.4, -0.2) is 32.7 Å². The minimum Gasteiger partial charge on any atom is -0.349 e. The molecule has 5 nitrogen and oxygen atoms in total. The third kappa shape index (κ3) is 6.41. The van der Waals surface area contributed by atoms with Gasteiger partial charge in [-0.15, -0.1) is 0 Å². The second kappa shape index (κ2) is 8.50. The average Bonchev–Trinajstić information content (AvgIpc) is 2.54. The molecule has 0 atom stereocenters. The molecule has 0 aliphatic carbocycles. The van der Waals surface area contributed by atoms with E-state index in [0.29, 0.717) is 11.4 Å². The lowest BCUT2D eigenvalue weighted by Crippen LogP contribution is -2.50. The van der Waals surface area contributed by atoms with Crippen LogP contribution in [0, 0.1) is 0 Å². The highest BCUT2D eigenvalue weighted by molar-refractivity contribution is 7.92. The number of carbonyl (C=O) groups excluding carboxylic acids is 1. The molecule has 0 unspecified atom stereocenters. The lowest BCUT2D eigenvalue weighted by molar-refractivity contribution is -0.121. The highest BCUT2D eigenvalue weighted by Crippen LogP contribution is 2.28. The van der Waals surface area contributed by atoms with Crippen molar-refractivity contribution in [1.82, 2.24) is 5.32 Å². The number of hydrogen-bond donors (Lipinski definition) is 1. The third-order valence-electron chi connectivity index (χ3n) is 3.85. The first-order chi connectivity index (χ1) is 12.5. The van der Waals surface area contributed by atoms with Crippen LogP contribution in [0.4, 0.5) is 5.69 Å². The molecular formula is C19H22Cl2N2O3S. The highest BCUT2D eigenvalue weighted by atomic mass is 35.5. The maximum absolute atomic E-state index is 12.6. The monoisotopic (exact) mass is 428 g/mol. The number of anilines is 1. The van der Waals surface area contributed by atoms with Gasteiger partial charge < -0.3 is 5.32 Å². The normalized spacial score (nSPS) is 11.9. The number of amides is 1. The Kier molecular flexibility index (Phi) is 6.78. The van der Waals surface area contributed by atoms with Crippen molar-refractivity contribution < 1.29 is 13.2 Å². The molecule has 27 heavy (non-hydrogen) atoms. The molecule has 0 heterocycles. The molecule has 1 N–H and O–H groups in total. The summed E-state index contributed by atoms with van der Waals surface area (Å²) in [6.45, 7) is 3.43. The van der Waals surface area contributed by atoms with E-state index in [4.69, 9.17) is 23.2 Å². The van der Waals surface area contributed by atoms with Crippen LogP contribution >= 0.6 is 23.2 Å². The van der Waals surface area contributed by atoms with Gasteiger partial charge in [0.15, 0.2) is 0 Å². The number of rotatable bonds is 7. The van der Waals surface area contributed by atoms with E-state index in [1.807, 2.05) is 44.2 Å². The fourth-order valence-electron chi connectivity index (χ4n) is 2.74. The lowest BCUT2D eigenvalue weighted by atomic mass is 9.95. The van der Waals surface area contributed by atoms with Crippen molar-refractivity contribution in [3.63, 3.8) is 0 Å². The van der Waals surface area contributed by atoms with Crippen molar-refractivity contribution in [2.75, 3.05) is 17.1 Å². The molecule has 0 saturated heterocycles. The first-order valence-corrected chi connectivity index (χ1v) is 10.9. The van der Waals surface area contributed by atoms with E-state index in [-0.39, 0.29) is 17.3 Å². The molecule has 8 heteroatoms. The molecule has 0 saturated carbocycles. The van der Waals surface area contributed by atoms with Gasteiger partial charge in [0, 0.05) is 5.54 Å². The summed E-state index contributed by atoms with van der Waals surface area (Å²) in [5.74, 6) is -0.410. The van der Waals surface area contributed by atoms with Gasteiger partial charge in [0.05, 0.1) is 22.0 Å². The molecule has 0 radical (unpaired) electrons. The van der Waals surface area contributed by atoms with Gasteiger partial charge in [0.2, 0.25) is 15.9 Å². The smallest absolute Gasteiger partial charge is 0.241 e. The van der Waals surface area contributed by atoms with Crippen LogP contribution in [0.25, 0.3) is 0 Å². The molecule has 2 aromatic rings. The molecule has 146 valence electrons. The Morgan fingerprint density at radius 1 is 1.07 bits per heavy atom. The second-order valence-corrected chi connectivity index (χ2v) is 9.68. The summed E-state index contributed by atoms with van der Waals surface area (Å²) in [4.78, 5) is 12.6. The van der Waals surface area contributed by atoms with Gasteiger partial charge in [-0.05, 0) is 44.0 Å². The van der Waals surface area contributed by atoms with E-state index in [9.17, 15) is 13.2 Å². The Bertz CT molecular complexity index is 916. The van der Waals surface area contributed by atoms with Crippen molar-refractivity contribution in [2.45, 2.75) is 25.8 Å². The van der Waals surface area contributed by atoms with Crippen molar-refractivity contribution in [1.29, 1.82) is 0 Å². The SMILES string of the molecule is CC(C)(Cc1ccccc1)NC(=O)CN(c1ccc(Cl)c(Cl)c1)S(C)(=O)=O. The maximum Gasteiger partial charge on any atom is 0.241 e. The van der Waals surface area contributed by atoms with Gasteiger partial charge in [-0.2, -0.15) is 0 Å². The molecule has 0 aromatic heterocycles. The molecule has 1 amide bonds. The Morgan fingerprint density at radius 3 is 2.26 bits per heavy atom. The average molecular weight is 429 g/mol. The van der Waals surface area contributed by atoms with Gasteiger partial charge in [-0.25, -0.2) is 8.42 Å². The summed E-state index contributed by atoms with van der Waals surface area (Å²) < 4.78 is 25.4. The summed E-state index contributed by atoms with van der Waals surface area (Å²) in [5.41, 5.74) is 0.814. The zero-order valence-electron chi connectivity index (χ0n) is 15.4. The summed E-state index contributed by atoms with van der Waals surface area (Å²) >= 11 is 11.9. The Morgan fingerprint density at radius 2 is 1.70 bits per heavy atom. The highest BCUT2D eigenvalue weighted by Gasteiger charge is 2.26. The van der Waals surface area contributed by atoms with Crippen molar-refractivity contribution in [3.8, 4) is 0 Å². The van der Waals surface area contributed by atoms with Crippen LogP contribution in [0.3, 0.4) is 0 Å². The van der Waals surface area contributed by atoms with Crippen molar-refractivity contribution in [2.24, 2.45) is 0 Å². The Hall–Kier alpha value is -1.76. The Balaban J connectivity index is 2.15. The number of nitrogens with zero attached hydrogens (tertiary/aromatic N) is 1. The van der Waals surface area contributed by atoms with Gasteiger partial charge >= 0.3 is 0 Å². The first-order valence-electron chi connectivity index (χ1n) is 8.26. The predicted octanol–water partition coefficient (Wildman–Crippen LogP) is 3.90. The largest absolute Gasteiger partial charge is 0.349 e. The van der Waals surface area contributed by atoms with E-state index in [2.05, 4.69) is 5.32 Å². The van der Waals surface area contributed by atoms with Gasteiger partial charge in [-0.1, -0.05) is 53.5 Å². The maximum atomic E-state index is 12.6. The summed E-state index contributed by atoms with van der Waals surface area (Å²) in [6.07, 6.45) is 1.66. The van der Waals surface area contributed by atoms with E-state index in [1.54, 1.807) is 0 Å². The van der Waals surface area contributed by atoms with E-state index in [0.717, 1.165) is 16.1 Å². The number of halogens is 2. The van der Waals surface area contributed by atoms with Crippen LogP contribution in [-0.2, 0) is 21.2 Å². The number of hydrogen-bond acceptors (Lipinski definition) is 3. The zero-order valence-corrected chi connectivity index (χ0v) is 17.7. The fraction of sp³-hybridized carbons (Fsp3) is 0.316. The molecule has 0 aliphatic heterocycles. The molecule has 2 aromatic carbocycles. The summed E-state index contributed by atoms with van der Waals surface area (Å²) in [7, 11) is -3.69. The second-order valence-electron chi connectivity index (χ2n) is 6.96. The molecule has 0 aliphatic rings. The molecule has 0 bridgehead atoms. The topological polar surface area (TPSA) is 66.5 Å². The molecule has 0 spiro atoms. The summed E-state index contributed by atoms with van der Waals surface area (Å²) in [6, 6.07) is 14.2. The first kappa shape index (κ1) is 21.5. The van der Waals surface area contributed by atoms with Crippen LogP contribution < -0.4 is 9.62 Å². The fourth-order valence-corrected chi connectivity index (χ4v) is 3.88. The minimum absolute atomic E-state index is 0.215. The standard InChI is InChI=1S/C19H22Cl2N2O3S/c1-19(2,12-14-7-5-4-6-8-14)22-18(24)13-23(27(3,25)26)15-9-10-16(20)17(21)11-15/h4-11H,12-13H2,1-3H3,(H,22,24). The van der Waals surface area contributed by atoms with E-state index in [1.165, 1.54) is 18.2 Å². The van der Waals surface area contributed by atoms with Gasteiger partial charge in [0.1, 0.15) is 6.54 Å². The zero-order chi connectivity index (χ0) is 20.2. The quantitative estimate of drug-likeness (QED) is 0.726. The van der Waals surface area contributed by atoms with Crippen molar-refractivity contribution in [3.05, 3.63) is 64.1 Å². The van der Waals surface area contributed by atoms with E-state index >= 15 is 0 Å². The van der Waals surface area contributed by atoms with Crippen LogP contribution in [0.5, 0.6) is 0 Å². The summed E-state index contributed by atoms with van der Waals surface area (Å²) in [5, 5.41) is 3.42. The van der Waals surface area contributed by atoms with Crippen LogP contribution in [0.1, 0.15) is 19.4 Å². The van der Waals surface area contributed by atoms with Crippen LogP contribution in [0.15, 0.2) is 48.5 Å². The minimum atomic E-state index is -3.69. The molecule has 0 fully saturated rings. The predicted molar refractivity (Wildman–Crippen MR) is 111 cm³/mol. The molecular weight excluding hydrogens is 407 g/mol. The van der Waals surface area contributed by atoms with Crippen LogP contribution in [0.2, 0.25) is 10.0 Å². The van der Waals surface area contributed by atoms with Gasteiger partial charge in [-0.3, -0.25) is 9.10 Å². The third-order valence-corrected chi connectivity index (χ3v) is 5.73. The number of carbonyl (C=O) groups is 1. The van der Waals surface area contributed by atoms with Crippen molar-refractivity contribution >= 4 is 44.8 Å². The lowest BCUT2D eigenvalue weighted by Gasteiger charge is -2.29. The molecule has 2 rings (SSSR count). The number of sulfonamides is 1. The van der Waals surface area contributed by atoms with E-state index < -0.39 is 21.5 Å². The number of nitrogens with one attached hydrogen (secondary N) is 1. The Labute approximate surface area is 170 Å².